The number of hydrogen-bond donors (Lipinski definition) is 3. The maximum atomic E-state index is 12.1. The molecule has 23 heavy (non-hydrogen) atoms. The number of aryl methyl sites for hydroxylation is 1. The highest BCUT2D eigenvalue weighted by Crippen LogP contribution is 2.38. The number of rotatable bonds is 6. The molecular weight excluding hydrogens is 318 g/mol. The minimum absolute atomic E-state index is 0.00337. The van der Waals surface area contributed by atoms with Crippen LogP contribution in [0.25, 0.3) is 0 Å². The molecule has 8 heteroatoms. The van der Waals surface area contributed by atoms with Crippen molar-refractivity contribution < 1.29 is 19.1 Å². The van der Waals surface area contributed by atoms with E-state index in [1.54, 1.807) is 0 Å². The summed E-state index contributed by atoms with van der Waals surface area (Å²) in [6, 6.07) is 0. The van der Waals surface area contributed by atoms with Crippen molar-refractivity contribution in [1.29, 1.82) is 0 Å². The van der Waals surface area contributed by atoms with Crippen LogP contribution in [0.2, 0.25) is 0 Å². The molecule has 0 bridgehead atoms. The largest absolute Gasteiger partial charge is 0.465 e. The van der Waals surface area contributed by atoms with E-state index < -0.39 is 5.97 Å². The molecule has 1 aliphatic rings. The number of methoxy groups -OCH3 is 1. The van der Waals surface area contributed by atoms with Crippen LogP contribution >= 0.6 is 11.3 Å². The maximum absolute atomic E-state index is 12.1. The first-order chi connectivity index (χ1) is 11.1. The molecule has 0 aliphatic heterocycles. The number of ether oxygens (including phenoxy) is 1. The van der Waals surface area contributed by atoms with Crippen molar-refractivity contribution in [3.63, 3.8) is 0 Å². The molecule has 2 rings (SSSR count). The van der Waals surface area contributed by atoms with Gasteiger partial charge in [-0.2, -0.15) is 0 Å². The lowest BCUT2D eigenvalue weighted by Crippen LogP contribution is -2.36. The Hall–Kier alpha value is -1.93. The van der Waals surface area contributed by atoms with Crippen molar-refractivity contribution in [2.45, 2.75) is 25.7 Å². The average Bonchev–Trinajstić information content (AvgIpc) is 2.91. The molecule has 1 aromatic rings. The second-order valence-electron chi connectivity index (χ2n) is 5.23. The summed E-state index contributed by atoms with van der Waals surface area (Å²) in [5.74, 6) is -0.907. The van der Waals surface area contributed by atoms with Gasteiger partial charge in [0.25, 0.3) is 0 Å². The van der Waals surface area contributed by atoms with Gasteiger partial charge in [-0.3, -0.25) is 14.9 Å². The van der Waals surface area contributed by atoms with Gasteiger partial charge >= 0.3 is 5.97 Å². The minimum atomic E-state index is -0.419. The second kappa shape index (κ2) is 8.07. The molecule has 0 radical (unpaired) electrons. The molecule has 1 heterocycles. The van der Waals surface area contributed by atoms with Crippen LogP contribution in [0.3, 0.4) is 0 Å². The number of carbonyl (C=O) groups excluding carboxylic acids is 3. The molecular formula is C15H21N3O4S. The number of carbonyl (C=O) groups is 3. The van der Waals surface area contributed by atoms with E-state index in [0.29, 0.717) is 10.6 Å². The van der Waals surface area contributed by atoms with Gasteiger partial charge in [-0.15, -0.1) is 11.3 Å². The van der Waals surface area contributed by atoms with Crippen LogP contribution in [-0.4, -0.2) is 45.0 Å². The standard InChI is InChI=1S/C15H21N3O4S/c1-16-11(19)7-17-8-12(20)18-14-13(15(21)22-2)9-5-3-4-6-10(9)23-14/h17H,3-8H2,1-2H3,(H,16,19)(H,18,20). The van der Waals surface area contributed by atoms with Crippen LogP contribution in [-0.2, 0) is 27.2 Å². The Kier molecular flexibility index (Phi) is 6.12. The number of esters is 1. The van der Waals surface area contributed by atoms with Gasteiger partial charge in [0.15, 0.2) is 0 Å². The Morgan fingerprint density at radius 1 is 1.13 bits per heavy atom. The van der Waals surface area contributed by atoms with Gasteiger partial charge in [-0.05, 0) is 31.2 Å². The van der Waals surface area contributed by atoms with Gasteiger partial charge in [-0.25, -0.2) is 4.79 Å². The van der Waals surface area contributed by atoms with Crippen molar-refractivity contribution in [3.05, 3.63) is 16.0 Å². The zero-order chi connectivity index (χ0) is 16.8. The zero-order valence-electron chi connectivity index (χ0n) is 13.3. The maximum Gasteiger partial charge on any atom is 0.341 e. The van der Waals surface area contributed by atoms with Crippen molar-refractivity contribution in [1.82, 2.24) is 10.6 Å². The van der Waals surface area contributed by atoms with Crippen LogP contribution < -0.4 is 16.0 Å². The highest BCUT2D eigenvalue weighted by molar-refractivity contribution is 7.17. The lowest BCUT2D eigenvalue weighted by atomic mass is 9.95. The predicted molar refractivity (Wildman–Crippen MR) is 87.9 cm³/mol. The fraction of sp³-hybridized carbons (Fsp3) is 0.533. The average molecular weight is 339 g/mol. The molecule has 7 nitrogen and oxygen atoms in total. The van der Waals surface area contributed by atoms with Crippen LogP contribution in [0.4, 0.5) is 5.00 Å². The highest BCUT2D eigenvalue weighted by atomic mass is 32.1. The first kappa shape index (κ1) is 17.4. The molecule has 3 N–H and O–H groups in total. The summed E-state index contributed by atoms with van der Waals surface area (Å²) in [5, 5.41) is 8.50. The molecule has 0 fully saturated rings. The van der Waals surface area contributed by atoms with Gasteiger partial charge < -0.3 is 15.4 Å². The summed E-state index contributed by atoms with van der Waals surface area (Å²) in [6.07, 6.45) is 3.89. The van der Waals surface area contributed by atoms with E-state index in [0.717, 1.165) is 36.1 Å². The summed E-state index contributed by atoms with van der Waals surface area (Å²) in [7, 11) is 2.87. The van der Waals surface area contributed by atoms with Gasteiger partial charge in [0.1, 0.15) is 5.00 Å². The first-order valence-corrected chi connectivity index (χ1v) is 8.32. The zero-order valence-corrected chi connectivity index (χ0v) is 14.1. The van der Waals surface area contributed by atoms with Crippen LogP contribution in [0.1, 0.15) is 33.6 Å². The summed E-state index contributed by atoms with van der Waals surface area (Å²) < 4.78 is 4.86. The molecule has 0 atom stereocenters. The molecule has 0 spiro atoms. The van der Waals surface area contributed by atoms with Gasteiger partial charge in [-0.1, -0.05) is 0 Å². The third-order valence-corrected chi connectivity index (χ3v) is 4.87. The minimum Gasteiger partial charge on any atom is -0.465 e. The Bertz CT molecular complexity index is 612. The van der Waals surface area contributed by atoms with Crippen molar-refractivity contribution in [3.8, 4) is 0 Å². The SMILES string of the molecule is CNC(=O)CNCC(=O)Nc1sc2c(c1C(=O)OC)CCCC2. The third kappa shape index (κ3) is 4.29. The van der Waals surface area contributed by atoms with E-state index >= 15 is 0 Å². The molecule has 0 aromatic carbocycles. The fourth-order valence-corrected chi connectivity index (χ4v) is 3.81. The van der Waals surface area contributed by atoms with E-state index in [4.69, 9.17) is 4.74 Å². The molecule has 126 valence electrons. The predicted octanol–water partition coefficient (Wildman–Crippen LogP) is 0.688. The molecule has 0 saturated heterocycles. The van der Waals surface area contributed by atoms with Crippen molar-refractivity contribution in [2.75, 3.05) is 32.6 Å². The van der Waals surface area contributed by atoms with E-state index in [-0.39, 0.29) is 24.9 Å². The van der Waals surface area contributed by atoms with Gasteiger partial charge in [0.2, 0.25) is 11.8 Å². The van der Waals surface area contributed by atoms with Crippen LogP contribution in [0.5, 0.6) is 0 Å². The van der Waals surface area contributed by atoms with Crippen molar-refractivity contribution >= 4 is 34.1 Å². The first-order valence-electron chi connectivity index (χ1n) is 7.50. The Balaban J connectivity index is 2.07. The van der Waals surface area contributed by atoms with Gasteiger partial charge in [0, 0.05) is 11.9 Å². The molecule has 0 saturated carbocycles. The van der Waals surface area contributed by atoms with E-state index in [9.17, 15) is 14.4 Å². The highest BCUT2D eigenvalue weighted by Gasteiger charge is 2.26. The van der Waals surface area contributed by atoms with Gasteiger partial charge in [0.05, 0.1) is 25.8 Å². The van der Waals surface area contributed by atoms with E-state index in [1.165, 1.54) is 25.5 Å². The quantitative estimate of drug-likeness (QED) is 0.663. The topological polar surface area (TPSA) is 96.5 Å². The normalized spacial score (nSPS) is 13.1. The number of fused-ring (bicyclic) bond motifs is 1. The Labute approximate surface area is 138 Å². The summed E-state index contributed by atoms with van der Waals surface area (Å²) in [4.78, 5) is 36.3. The van der Waals surface area contributed by atoms with Crippen molar-refractivity contribution in [2.24, 2.45) is 0 Å². The number of anilines is 1. The summed E-state index contributed by atoms with van der Waals surface area (Å²) in [5.41, 5.74) is 1.48. The summed E-state index contributed by atoms with van der Waals surface area (Å²) >= 11 is 1.44. The number of likely N-dealkylation sites (N-methyl/N-ethyl adjacent to an activating group) is 1. The smallest absolute Gasteiger partial charge is 0.341 e. The number of nitrogens with one attached hydrogen (secondary N) is 3. The van der Waals surface area contributed by atoms with E-state index in [1.807, 2.05) is 0 Å². The molecule has 1 aliphatic carbocycles. The lowest BCUT2D eigenvalue weighted by Gasteiger charge is -2.11. The number of amides is 2. The fourth-order valence-electron chi connectivity index (χ4n) is 2.52. The second-order valence-corrected chi connectivity index (χ2v) is 6.34. The molecule has 2 amide bonds. The number of hydrogen-bond acceptors (Lipinski definition) is 6. The summed E-state index contributed by atoms with van der Waals surface area (Å²) in [6.45, 7) is 0.0608. The van der Waals surface area contributed by atoms with Crippen LogP contribution in [0.15, 0.2) is 0 Å². The van der Waals surface area contributed by atoms with Crippen LogP contribution in [0, 0.1) is 0 Å². The number of thiophene rings is 1. The third-order valence-electron chi connectivity index (χ3n) is 3.66. The Morgan fingerprint density at radius 2 is 1.83 bits per heavy atom. The molecule has 0 unspecified atom stereocenters. The Morgan fingerprint density at radius 3 is 2.52 bits per heavy atom. The molecule has 1 aromatic heterocycles. The monoisotopic (exact) mass is 339 g/mol. The lowest BCUT2D eigenvalue weighted by molar-refractivity contribution is -0.120. The van der Waals surface area contributed by atoms with E-state index in [2.05, 4.69) is 16.0 Å².